The minimum atomic E-state index is 0. The van der Waals surface area contributed by atoms with Gasteiger partial charge in [0, 0.05) is 29.8 Å². The summed E-state index contributed by atoms with van der Waals surface area (Å²) in [5, 5.41) is 5.04. The van der Waals surface area contributed by atoms with Gasteiger partial charge in [0.05, 0.1) is 13.2 Å². The molecule has 0 aliphatic carbocycles. The Morgan fingerprint density at radius 2 is 1.07 bits per heavy atom. The number of hydrogen-bond acceptors (Lipinski definition) is 1. The number of fused-ring (bicyclic) bond motifs is 2. The summed E-state index contributed by atoms with van der Waals surface area (Å²) >= 11 is 2.15. The average molecular weight is 657 g/mol. The van der Waals surface area contributed by atoms with Crippen molar-refractivity contribution in [1.82, 2.24) is 0 Å². The molecule has 0 saturated carbocycles. The van der Waals surface area contributed by atoms with Crippen LogP contribution < -0.4 is 9.13 Å². The van der Waals surface area contributed by atoms with Crippen LogP contribution in [0.25, 0.3) is 32.7 Å². The summed E-state index contributed by atoms with van der Waals surface area (Å²) < 4.78 is 10.5. The van der Waals surface area contributed by atoms with Crippen LogP contribution in [0, 0.1) is 0 Å². The lowest BCUT2D eigenvalue weighted by Crippen LogP contribution is -2.33. The maximum atomic E-state index is 6.24. The van der Waals surface area contributed by atoms with Crippen LogP contribution in [0.5, 0.6) is 0 Å². The molecule has 0 saturated heterocycles. The van der Waals surface area contributed by atoms with Crippen LogP contribution in [0.1, 0.15) is 31.5 Å². The first kappa shape index (κ1) is 31.9. The molecule has 210 valence electrons. The van der Waals surface area contributed by atoms with Crippen molar-refractivity contribution in [2.24, 2.45) is 7.05 Å². The number of ether oxygens (including phenoxy) is 1. The number of aromatic nitrogens is 2. The number of rotatable bonds is 7. The Morgan fingerprint density at radius 3 is 1.63 bits per heavy atom. The van der Waals surface area contributed by atoms with Gasteiger partial charge < -0.3 is 4.74 Å². The highest BCUT2D eigenvalue weighted by atomic mass is 127. The number of nitrogens with zero attached hydrogens (tertiary/aromatic N) is 2. The highest BCUT2D eigenvalue weighted by Gasteiger charge is 2.09. The van der Waals surface area contributed by atoms with Crippen molar-refractivity contribution in [2.45, 2.75) is 34.6 Å². The molecule has 4 aromatic carbocycles. The van der Waals surface area contributed by atoms with Crippen LogP contribution in [-0.2, 0) is 31.5 Å². The van der Waals surface area contributed by atoms with Crippen LogP contribution in [-0.4, -0.2) is 4.93 Å². The molecule has 0 radical (unpaired) electrons. The smallest absolute Gasteiger partial charge is 0.173 e. The first-order chi connectivity index (χ1) is 19.2. The van der Waals surface area contributed by atoms with E-state index in [0.29, 0.717) is 13.2 Å². The van der Waals surface area contributed by atoms with Gasteiger partial charge in [0.2, 0.25) is 0 Å². The monoisotopic (exact) mass is 656 g/mol. The highest BCUT2D eigenvalue weighted by Crippen LogP contribution is 2.29. The number of aryl methyl sites for hydroxylation is 1. The molecule has 3 nitrogen and oxygen atoms in total. The Labute approximate surface area is 259 Å². The molecular formula is C37H41IN2O+2. The van der Waals surface area contributed by atoms with Gasteiger partial charge in [-0.05, 0) is 54.8 Å². The molecule has 0 N–H and O–H groups in total. The summed E-state index contributed by atoms with van der Waals surface area (Å²) in [5.41, 5.74) is 6.17. The molecule has 2 heterocycles. The first-order valence-electron chi connectivity index (χ1n) is 13.1. The lowest BCUT2D eigenvalue weighted by Gasteiger charge is -2.12. The van der Waals surface area contributed by atoms with Crippen LogP contribution in [0.3, 0.4) is 0 Å². The van der Waals surface area contributed by atoms with E-state index in [1.54, 1.807) is 0 Å². The normalized spacial score (nSPS) is 10.3. The molecule has 0 unspecified atom stereocenters. The van der Waals surface area contributed by atoms with Crippen molar-refractivity contribution >= 4 is 44.1 Å². The van der Waals surface area contributed by atoms with Gasteiger partial charge in [0.25, 0.3) is 0 Å². The van der Waals surface area contributed by atoms with E-state index >= 15 is 0 Å². The second-order valence-corrected chi connectivity index (χ2v) is 9.62. The van der Waals surface area contributed by atoms with Crippen molar-refractivity contribution in [3.05, 3.63) is 145 Å². The van der Waals surface area contributed by atoms with E-state index in [4.69, 9.17) is 4.74 Å². The van der Waals surface area contributed by atoms with E-state index in [1.807, 2.05) is 16.5 Å². The van der Waals surface area contributed by atoms with Gasteiger partial charge >= 0.3 is 0 Å². The third-order valence-corrected chi connectivity index (χ3v) is 6.99. The maximum Gasteiger partial charge on any atom is 0.173 e. The third-order valence-electron chi connectivity index (χ3n) is 6.99. The van der Waals surface area contributed by atoms with Crippen molar-refractivity contribution in [3.8, 4) is 11.1 Å². The Hall–Kier alpha value is -3.61. The molecule has 0 aliphatic heterocycles. The zero-order valence-electron chi connectivity index (χ0n) is 22.4. The van der Waals surface area contributed by atoms with Gasteiger partial charge in [-0.2, -0.15) is 0 Å². The van der Waals surface area contributed by atoms with Gasteiger partial charge in [-0.15, -0.1) is 0 Å². The molecule has 0 aliphatic rings. The predicted octanol–water partition coefficient (Wildman–Crippen LogP) is 8.86. The van der Waals surface area contributed by atoms with Crippen LogP contribution in [0.2, 0.25) is 0 Å². The molecule has 0 spiro atoms. The third kappa shape index (κ3) is 7.78. The largest absolute Gasteiger partial charge is 0.372 e. The van der Waals surface area contributed by atoms with E-state index < -0.39 is 0 Å². The maximum absolute atomic E-state index is 6.24. The van der Waals surface area contributed by atoms with E-state index in [-0.39, 0.29) is 14.9 Å². The molecule has 0 atom stereocenters. The van der Waals surface area contributed by atoms with E-state index in [1.165, 1.54) is 49.4 Å². The summed E-state index contributed by atoms with van der Waals surface area (Å²) in [6, 6.07) is 36.8. The van der Waals surface area contributed by atoms with Crippen LogP contribution in [0.4, 0.5) is 0 Å². The number of pyridine rings is 2. The van der Waals surface area contributed by atoms with Crippen LogP contribution in [0.15, 0.2) is 128 Å². The molecule has 41 heavy (non-hydrogen) atoms. The molecule has 0 fully saturated rings. The Balaban J connectivity index is 0.00000113. The molecule has 6 rings (SSSR count). The Kier molecular flexibility index (Phi) is 12.0. The molecular weight excluding hydrogens is 615 g/mol. The standard InChI is InChI=1S/C34H30N2O.CH3I.2CH4/c1-35-18-14-28(15-19-35)29-16-20-36(21-17-29)23-26-10-12-27(13-11-26)24-37-25-34-32-8-4-2-6-30(32)22-31-7-3-5-9-33(31)34;1-2;;/h2-22H,23-25H2,1H3;1H3;2*1H4/q+2;;;. The Bertz CT molecular complexity index is 1610. The van der Waals surface area contributed by atoms with Gasteiger partial charge in [0.1, 0.15) is 7.05 Å². The quantitative estimate of drug-likeness (QED) is 0.0727. The second kappa shape index (κ2) is 15.4. The molecule has 4 heteroatoms. The zero-order chi connectivity index (χ0) is 27.0. The fourth-order valence-electron chi connectivity index (χ4n) is 4.93. The van der Waals surface area contributed by atoms with Crippen LogP contribution >= 0.6 is 22.6 Å². The summed E-state index contributed by atoms with van der Waals surface area (Å²) in [6.07, 6.45) is 8.44. The fourth-order valence-corrected chi connectivity index (χ4v) is 4.93. The Morgan fingerprint density at radius 1 is 0.585 bits per heavy atom. The van der Waals surface area contributed by atoms with E-state index in [9.17, 15) is 0 Å². The minimum Gasteiger partial charge on any atom is -0.372 e. The fraction of sp³-hybridized carbons (Fsp3) is 0.189. The summed E-state index contributed by atoms with van der Waals surface area (Å²) in [4.78, 5) is 1.97. The topological polar surface area (TPSA) is 17.0 Å². The number of halogens is 1. The van der Waals surface area contributed by atoms with Crippen molar-refractivity contribution in [3.63, 3.8) is 0 Å². The van der Waals surface area contributed by atoms with E-state index in [2.05, 4.69) is 155 Å². The zero-order valence-corrected chi connectivity index (χ0v) is 24.6. The molecule has 6 aromatic rings. The summed E-state index contributed by atoms with van der Waals surface area (Å²) in [5.74, 6) is 0. The number of benzene rings is 4. The average Bonchev–Trinajstić information content (AvgIpc) is 2.99. The van der Waals surface area contributed by atoms with Crippen molar-refractivity contribution < 1.29 is 13.9 Å². The number of hydrogen-bond donors (Lipinski definition) is 0. The second-order valence-electron chi connectivity index (χ2n) is 9.62. The van der Waals surface area contributed by atoms with Gasteiger partial charge in [-0.1, -0.05) is 110 Å². The molecule has 0 bridgehead atoms. The van der Waals surface area contributed by atoms with Gasteiger partial charge in [-0.25, -0.2) is 9.13 Å². The molecule has 0 amide bonds. The highest BCUT2D eigenvalue weighted by molar-refractivity contribution is 14.1. The lowest BCUT2D eigenvalue weighted by atomic mass is 9.97. The summed E-state index contributed by atoms with van der Waals surface area (Å²) in [7, 11) is 2.03. The summed E-state index contributed by atoms with van der Waals surface area (Å²) in [6.45, 7) is 2.02. The van der Waals surface area contributed by atoms with E-state index in [0.717, 1.165) is 6.54 Å². The number of alkyl halides is 1. The first-order valence-corrected chi connectivity index (χ1v) is 15.3. The SMILES string of the molecule is C.C.CI.C[n+]1ccc(-c2cc[n+](Cc3ccc(COCc4c5ccccc5cc5ccccc45)cc3)cc2)cc1. The van der Waals surface area contributed by atoms with Crippen molar-refractivity contribution in [1.29, 1.82) is 0 Å². The lowest BCUT2D eigenvalue weighted by molar-refractivity contribution is -0.688. The minimum absolute atomic E-state index is 0. The van der Waals surface area contributed by atoms with Crippen molar-refractivity contribution in [2.75, 3.05) is 4.93 Å². The predicted molar refractivity (Wildman–Crippen MR) is 182 cm³/mol. The van der Waals surface area contributed by atoms with Gasteiger partial charge in [-0.3, -0.25) is 0 Å². The molecule has 2 aromatic heterocycles. The van der Waals surface area contributed by atoms with Gasteiger partial charge in [0.15, 0.2) is 31.3 Å².